The molecule has 0 radical (unpaired) electrons. The summed E-state index contributed by atoms with van der Waals surface area (Å²) in [6, 6.07) is 17.6. The standard InChI is InChI=1S/C23H24N2O4/c26-21(24-14-19(15-24)25-22(27)11-12-23(25)28)10-9-17-7-4-8-20(13-17)29-16-18-5-2-1-3-6-18/h1-8,13,19H,9-12,14-16H2. The molecular weight excluding hydrogens is 368 g/mol. The van der Waals surface area contributed by atoms with Crippen LogP contribution in [0.3, 0.4) is 0 Å². The number of aryl methyl sites for hydroxylation is 1. The predicted molar refractivity (Wildman–Crippen MR) is 107 cm³/mol. The number of amides is 3. The van der Waals surface area contributed by atoms with Crippen LogP contribution in [0.25, 0.3) is 0 Å². The fraction of sp³-hybridized carbons (Fsp3) is 0.348. The van der Waals surface area contributed by atoms with E-state index in [-0.39, 0.29) is 23.8 Å². The Morgan fingerprint density at radius 3 is 2.34 bits per heavy atom. The monoisotopic (exact) mass is 392 g/mol. The Balaban J connectivity index is 1.24. The van der Waals surface area contributed by atoms with E-state index in [1.54, 1.807) is 4.90 Å². The zero-order valence-electron chi connectivity index (χ0n) is 16.3. The third-order valence-corrected chi connectivity index (χ3v) is 5.44. The average Bonchev–Trinajstić information content (AvgIpc) is 3.03. The molecule has 2 aromatic carbocycles. The van der Waals surface area contributed by atoms with Crippen LogP contribution in [0.5, 0.6) is 5.75 Å². The predicted octanol–water partition coefficient (Wildman–Crippen LogP) is 2.56. The number of ether oxygens (including phenoxy) is 1. The third kappa shape index (κ3) is 4.47. The molecule has 2 fully saturated rings. The van der Waals surface area contributed by atoms with Gasteiger partial charge in [0.1, 0.15) is 12.4 Å². The van der Waals surface area contributed by atoms with Gasteiger partial charge in [-0.05, 0) is 29.7 Å². The van der Waals surface area contributed by atoms with Crippen LogP contribution in [0.4, 0.5) is 0 Å². The van der Waals surface area contributed by atoms with Crippen molar-refractivity contribution in [2.45, 2.75) is 38.3 Å². The van der Waals surface area contributed by atoms with E-state index in [2.05, 4.69) is 0 Å². The van der Waals surface area contributed by atoms with Crippen LogP contribution >= 0.6 is 0 Å². The molecule has 2 aromatic rings. The van der Waals surface area contributed by atoms with Crippen LogP contribution in [0.1, 0.15) is 30.4 Å². The fourth-order valence-electron chi connectivity index (χ4n) is 3.76. The second kappa shape index (κ2) is 8.47. The molecule has 0 unspecified atom stereocenters. The van der Waals surface area contributed by atoms with E-state index in [9.17, 15) is 14.4 Å². The highest BCUT2D eigenvalue weighted by molar-refractivity contribution is 6.02. The second-order valence-electron chi connectivity index (χ2n) is 7.53. The van der Waals surface area contributed by atoms with Crippen LogP contribution in [-0.4, -0.2) is 46.7 Å². The van der Waals surface area contributed by atoms with E-state index in [1.165, 1.54) is 4.90 Å². The number of carbonyl (C=O) groups is 3. The van der Waals surface area contributed by atoms with E-state index in [0.29, 0.717) is 45.4 Å². The van der Waals surface area contributed by atoms with E-state index in [0.717, 1.165) is 16.9 Å². The first-order chi connectivity index (χ1) is 14.1. The highest BCUT2D eigenvalue weighted by atomic mass is 16.5. The van der Waals surface area contributed by atoms with Crippen molar-refractivity contribution in [3.63, 3.8) is 0 Å². The first-order valence-electron chi connectivity index (χ1n) is 9.98. The quantitative estimate of drug-likeness (QED) is 0.680. The van der Waals surface area contributed by atoms with Crippen LogP contribution in [0.2, 0.25) is 0 Å². The Bertz CT molecular complexity index is 890. The smallest absolute Gasteiger partial charge is 0.230 e. The highest BCUT2D eigenvalue weighted by Crippen LogP contribution is 2.23. The van der Waals surface area contributed by atoms with E-state index >= 15 is 0 Å². The largest absolute Gasteiger partial charge is 0.489 e. The first kappa shape index (κ1) is 19.2. The topological polar surface area (TPSA) is 66.9 Å². The zero-order valence-corrected chi connectivity index (χ0v) is 16.3. The minimum absolute atomic E-state index is 0.0518. The number of hydrogen-bond donors (Lipinski definition) is 0. The van der Waals surface area contributed by atoms with Gasteiger partial charge in [0, 0.05) is 32.4 Å². The Labute approximate surface area is 170 Å². The Hall–Kier alpha value is -3.15. The van der Waals surface area contributed by atoms with E-state index in [1.807, 2.05) is 54.6 Å². The summed E-state index contributed by atoms with van der Waals surface area (Å²) in [6.45, 7) is 1.42. The van der Waals surface area contributed by atoms with Crippen LogP contribution in [-0.2, 0) is 27.4 Å². The number of likely N-dealkylation sites (tertiary alicyclic amines) is 2. The maximum atomic E-state index is 12.4. The van der Waals surface area contributed by atoms with Gasteiger partial charge in [0.15, 0.2) is 0 Å². The van der Waals surface area contributed by atoms with Gasteiger partial charge in [-0.15, -0.1) is 0 Å². The minimum atomic E-state index is -0.142. The van der Waals surface area contributed by atoms with Crippen LogP contribution in [0, 0.1) is 0 Å². The SMILES string of the molecule is O=C(CCc1cccc(OCc2ccccc2)c1)N1CC(N2C(=O)CCC2=O)C1. The molecule has 0 saturated carbocycles. The van der Waals surface area contributed by atoms with Gasteiger partial charge in [-0.25, -0.2) is 0 Å². The van der Waals surface area contributed by atoms with Gasteiger partial charge in [0.05, 0.1) is 6.04 Å². The summed E-state index contributed by atoms with van der Waals surface area (Å²) in [7, 11) is 0. The highest BCUT2D eigenvalue weighted by Gasteiger charge is 2.42. The summed E-state index contributed by atoms with van der Waals surface area (Å²) in [6.07, 6.45) is 1.62. The Kier molecular flexibility index (Phi) is 5.60. The number of rotatable bonds is 7. The molecule has 0 atom stereocenters. The van der Waals surface area contributed by atoms with Gasteiger partial charge in [-0.3, -0.25) is 19.3 Å². The molecule has 2 heterocycles. The molecule has 0 N–H and O–H groups in total. The lowest BCUT2D eigenvalue weighted by molar-refractivity contribution is -0.151. The molecule has 2 saturated heterocycles. The van der Waals surface area contributed by atoms with Crippen molar-refractivity contribution in [3.8, 4) is 5.75 Å². The van der Waals surface area contributed by atoms with E-state index < -0.39 is 0 Å². The molecule has 29 heavy (non-hydrogen) atoms. The number of benzene rings is 2. The third-order valence-electron chi connectivity index (χ3n) is 5.44. The summed E-state index contributed by atoms with van der Waals surface area (Å²) in [4.78, 5) is 39.0. The van der Waals surface area contributed by atoms with E-state index in [4.69, 9.17) is 4.74 Å². The number of nitrogens with zero attached hydrogens (tertiary/aromatic N) is 2. The molecule has 0 bridgehead atoms. The van der Waals surface area contributed by atoms with Gasteiger partial charge < -0.3 is 9.64 Å². The maximum absolute atomic E-state index is 12.4. The lowest BCUT2D eigenvalue weighted by Crippen LogP contribution is -2.62. The van der Waals surface area contributed by atoms with Gasteiger partial charge in [0.2, 0.25) is 17.7 Å². The number of hydrogen-bond acceptors (Lipinski definition) is 4. The molecule has 6 heteroatoms. The van der Waals surface area contributed by atoms with Crippen molar-refractivity contribution in [2.24, 2.45) is 0 Å². The van der Waals surface area contributed by atoms with Crippen LogP contribution in [0.15, 0.2) is 54.6 Å². The fourth-order valence-corrected chi connectivity index (χ4v) is 3.76. The van der Waals surface area contributed by atoms with Gasteiger partial charge in [0.25, 0.3) is 0 Å². The van der Waals surface area contributed by atoms with Gasteiger partial charge >= 0.3 is 0 Å². The van der Waals surface area contributed by atoms with Gasteiger partial charge in [-0.2, -0.15) is 0 Å². The van der Waals surface area contributed by atoms with Gasteiger partial charge in [-0.1, -0.05) is 42.5 Å². The second-order valence-corrected chi connectivity index (χ2v) is 7.53. The maximum Gasteiger partial charge on any atom is 0.230 e. The van der Waals surface area contributed by atoms with Crippen molar-refractivity contribution in [2.75, 3.05) is 13.1 Å². The number of carbonyl (C=O) groups excluding carboxylic acids is 3. The molecule has 0 spiro atoms. The molecule has 2 aliphatic heterocycles. The van der Waals surface area contributed by atoms with Crippen molar-refractivity contribution in [3.05, 3.63) is 65.7 Å². The molecule has 150 valence electrons. The normalized spacial score (nSPS) is 16.8. The zero-order chi connectivity index (χ0) is 20.2. The summed E-state index contributed by atoms with van der Waals surface area (Å²) < 4.78 is 5.85. The minimum Gasteiger partial charge on any atom is -0.489 e. The summed E-state index contributed by atoms with van der Waals surface area (Å²) >= 11 is 0. The molecule has 0 aliphatic carbocycles. The number of imide groups is 1. The molecule has 6 nitrogen and oxygen atoms in total. The van der Waals surface area contributed by atoms with Crippen molar-refractivity contribution in [1.29, 1.82) is 0 Å². The first-order valence-corrected chi connectivity index (χ1v) is 9.98. The molecular formula is C23H24N2O4. The summed E-state index contributed by atoms with van der Waals surface area (Å²) in [5, 5.41) is 0. The van der Waals surface area contributed by atoms with Crippen molar-refractivity contribution < 1.29 is 19.1 Å². The molecule has 2 aliphatic rings. The molecule has 0 aromatic heterocycles. The summed E-state index contributed by atoms with van der Waals surface area (Å²) in [5.74, 6) is 0.614. The Morgan fingerprint density at radius 1 is 0.931 bits per heavy atom. The summed E-state index contributed by atoms with van der Waals surface area (Å²) in [5.41, 5.74) is 2.15. The van der Waals surface area contributed by atoms with Crippen molar-refractivity contribution in [1.82, 2.24) is 9.80 Å². The Morgan fingerprint density at radius 2 is 1.62 bits per heavy atom. The molecule has 3 amide bonds. The van der Waals surface area contributed by atoms with Crippen molar-refractivity contribution >= 4 is 17.7 Å². The average molecular weight is 392 g/mol. The molecule has 4 rings (SSSR count). The lowest BCUT2D eigenvalue weighted by atomic mass is 10.0. The van der Waals surface area contributed by atoms with Crippen LogP contribution < -0.4 is 4.74 Å². The lowest BCUT2D eigenvalue weighted by Gasteiger charge is -2.43.